The second-order valence-electron chi connectivity index (χ2n) is 5.92. The Balaban J connectivity index is 1.79. The van der Waals surface area contributed by atoms with Crippen molar-refractivity contribution in [3.63, 3.8) is 0 Å². The summed E-state index contributed by atoms with van der Waals surface area (Å²) in [7, 11) is 0. The van der Waals surface area contributed by atoms with E-state index < -0.39 is 11.7 Å². The van der Waals surface area contributed by atoms with Gasteiger partial charge in [0.2, 0.25) is 0 Å². The second kappa shape index (κ2) is 6.46. The monoisotopic (exact) mass is 313 g/mol. The van der Waals surface area contributed by atoms with Crippen molar-refractivity contribution in [3.05, 3.63) is 63.7 Å². The molecule has 1 aliphatic heterocycles. The number of nitrogens with one attached hydrogen (secondary N) is 2. The second-order valence-corrected chi connectivity index (χ2v) is 5.92. The average molecular weight is 313 g/mol. The maximum Gasteiger partial charge on any atom is 0.254 e. The van der Waals surface area contributed by atoms with Crippen molar-refractivity contribution < 1.29 is 9.18 Å². The van der Waals surface area contributed by atoms with Crippen molar-refractivity contribution in [2.75, 3.05) is 6.54 Å². The quantitative estimate of drug-likeness (QED) is 0.915. The summed E-state index contributed by atoms with van der Waals surface area (Å²) in [5, 5.41) is 6.14. The van der Waals surface area contributed by atoms with Crippen LogP contribution in [0.2, 0.25) is 0 Å². The van der Waals surface area contributed by atoms with Crippen LogP contribution < -0.4 is 10.6 Å². The number of benzene rings is 1. The van der Waals surface area contributed by atoms with Gasteiger partial charge in [0, 0.05) is 25.0 Å². The number of amides is 1. The number of nitrogens with zero attached hydrogens (tertiary/aromatic N) is 1. The fourth-order valence-corrected chi connectivity index (χ4v) is 2.95. The highest BCUT2D eigenvalue weighted by Crippen LogP contribution is 2.20. The normalized spacial score (nSPS) is 13.5. The molecule has 0 bridgehead atoms. The van der Waals surface area contributed by atoms with Gasteiger partial charge in [-0.25, -0.2) is 4.39 Å². The summed E-state index contributed by atoms with van der Waals surface area (Å²) >= 11 is 0. The summed E-state index contributed by atoms with van der Waals surface area (Å²) in [6, 6.07) is 4.63. The molecule has 0 fully saturated rings. The number of aromatic nitrogens is 1. The zero-order valence-corrected chi connectivity index (χ0v) is 13.4. The van der Waals surface area contributed by atoms with E-state index in [9.17, 15) is 9.18 Å². The number of carbonyl (C=O) groups is 1. The molecule has 0 unspecified atom stereocenters. The van der Waals surface area contributed by atoms with Crippen molar-refractivity contribution in [1.82, 2.24) is 15.6 Å². The van der Waals surface area contributed by atoms with E-state index in [1.165, 1.54) is 23.3 Å². The smallest absolute Gasteiger partial charge is 0.254 e. The molecule has 1 aromatic carbocycles. The predicted octanol–water partition coefficient (Wildman–Crippen LogP) is 2.41. The molecular weight excluding hydrogens is 293 g/mol. The predicted molar refractivity (Wildman–Crippen MR) is 86.7 cm³/mol. The topological polar surface area (TPSA) is 54.0 Å². The van der Waals surface area contributed by atoms with Crippen LogP contribution in [-0.4, -0.2) is 17.4 Å². The number of halogens is 1. The third-order valence-corrected chi connectivity index (χ3v) is 4.26. The maximum absolute atomic E-state index is 13.9. The fraction of sp³-hybridized carbons (Fsp3) is 0.333. The number of hydrogen-bond donors (Lipinski definition) is 2. The number of aryl methyl sites for hydroxylation is 2. The van der Waals surface area contributed by atoms with E-state index in [-0.39, 0.29) is 5.56 Å². The standard InChI is InChI=1S/C18H20FN3O/c1-11-3-4-15(17(19)7-11)18(23)22-10-16-12(2)21-9-13-8-20-6-5-14(13)16/h3-4,7,9,20H,5-6,8,10H2,1-2H3,(H,22,23). The highest BCUT2D eigenvalue weighted by Gasteiger charge is 2.17. The molecule has 0 saturated heterocycles. The molecule has 2 N–H and O–H groups in total. The third kappa shape index (κ3) is 3.24. The molecule has 0 aliphatic carbocycles. The Labute approximate surface area is 135 Å². The van der Waals surface area contributed by atoms with Crippen LogP contribution in [0.5, 0.6) is 0 Å². The molecule has 0 spiro atoms. The molecule has 1 aromatic heterocycles. The lowest BCUT2D eigenvalue weighted by Crippen LogP contribution is -2.29. The molecule has 1 amide bonds. The van der Waals surface area contributed by atoms with Crippen LogP contribution in [0.1, 0.15) is 38.3 Å². The van der Waals surface area contributed by atoms with E-state index in [0.717, 1.165) is 36.3 Å². The Hall–Kier alpha value is -2.27. The van der Waals surface area contributed by atoms with Crippen LogP contribution in [0.4, 0.5) is 4.39 Å². The van der Waals surface area contributed by atoms with E-state index >= 15 is 0 Å². The number of pyridine rings is 1. The molecule has 120 valence electrons. The van der Waals surface area contributed by atoms with Gasteiger partial charge in [0.05, 0.1) is 5.56 Å². The molecule has 23 heavy (non-hydrogen) atoms. The van der Waals surface area contributed by atoms with Gasteiger partial charge in [-0.1, -0.05) is 6.07 Å². The van der Waals surface area contributed by atoms with Gasteiger partial charge in [-0.2, -0.15) is 0 Å². The number of fused-ring (bicyclic) bond motifs is 1. The van der Waals surface area contributed by atoms with Gasteiger partial charge in [-0.3, -0.25) is 9.78 Å². The summed E-state index contributed by atoms with van der Waals surface area (Å²) in [4.78, 5) is 16.7. The highest BCUT2D eigenvalue weighted by molar-refractivity contribution is 5.94. The van der Waals surface area contributed by atoms with Gasteiger partial charge in [-0.15, -0.1) is 0 Å². The lowest BCUT2D eigenvalue weighted by atomic mass is 9.96. The zero-order chi connectivity index (χ0) is 16.4. The molecular formula is C18H20FN3O. The number of carbonyl (C=O) groups excluding carboxylic acids is 1. The first kappa shape index (κ1) is 15.6. The molecule has 2 aromatic rings. The number of rotatable bonds is 3. The van der Waals surface area contributed by atoms with Gasteiger partial charge in [0.25, 0.3) is 5.91 Å². The van der Waals surface area contributed by atoms with Crippen LogP contribution >= 0.6 is 0 Å². The minimum atomic E-state index is -0.489. The van der Waals surface area contributed by atoms with Crippen LogP contribution in [0.25, 0.3) is 0 Å². The van der Waals surface area contributed by atoms with Crippen LogP contribution in [0.3, 0.4) is 0 Å². The van der Waals surface area contributed by atoms with Crippen LogP contribution in [-0.2, 0) is 19.5 Å². The lowest BCUT2D eigenvalue weighted by molar-refractivity contribution is 0.0946. The molecule has 1 aliphatic rings. The Kier molecular flexibility index (Phi) is 4.39. The van der Waals surface area contributed by atoms with Crippen molar-refractivity contribution >= 4 is 5.91 Å². The first-order valence-corrected chi connectivity index (χ1v) is 7.77. The minimum absolute atomic E-state index is 0.0766. The maximum atomic E-state index is 13.9. The average Bonchev–Trinajstić information content (AvgIpc) is 2.53. The Bertz CT molecular complexity index is 758. The van der Waals surface area contributed by atoms with E-state index in [1.807, 2.05) is 13.1 Å². The SMILES string of the molecule is Cc1ccc(C(=O)NCc2c(C)ncc3c2CCNC3)c(F)c1. The van der Waals surface area contributed by atoms with Crippen LogP contribution in [0.15, 0.2) is 24.4 Å². The largest absolute Gasteiger partial charge is 0.348 e. The molecule has 2 heterocycles. The van der Waals surface area contributed by atoms with Crippen molar-refractivity contribution in [2.45, 2.75) is 33.4 Å². The van der Waals surface area contributed by atoms with Gasteiger partial charge < -0.3 is 10.6 Å². The van der Waals surface area contributed by atoms with E-state index in [1.54, 1.807) is 13.0 Å². The first-order chi connectivity index (χ1) is 11.1. The van der Waals surface area contributed by atoms with Crippen LogP contribution in [0, 0.1) is 19.7 Å². The molecule has 5 heteroatoms. The lowest BCUT2D eigenvalue weighted by Gasteiger charge is -2.21. The first-order valence-electron chi connectivity index (χ1n) is 7.77. The van der Waals surface area contributed by atoms with Crippen molar-refractivity contribution in [1.29, 1.82) is 0 Å². The van der Waals surface area contributed by atoms with Gasteiger partial charge in [0.1, 0.15) is 5.82 Å². The third-order valence-electron chi connectivity index (χ3n) is 4.26. The number of hydrogen-bond acceptors (Lipinski definition) is 3. The molecule has 4 nitrogen and oxygen atoms in total. The summed E-state index contributed by atoms with van der Waals surface area (Å²) in [6.45, 7) is 5.83. The fourth-order valence-electron chi connectivity index (χ4n) is 2.95. The molecule has 0 radical (unpaired) electrons. The van der Waals surface area contributed by atoms with E-state index in [4.69, 9.17) is 0 Å². The Morgan fingerprint density at radius 1 is 1.39 bits per heavy atom. The van der Waals surface area contributed by atoms with Gasteiger partial charge in [-0.05, 0) is 61.2 Å². The van der Waals surface area contributed by atoms with Crippen molar-refractivity contribution in [2.24, 2.45) is 0 Å². The van der Waals surface area contributed by atoms with Gasteiger partial charge >= 0.3 is 0 Å². The molecule has 0 atom stereocenters. The Morgan fingerprint density at radius 3 is 3.00 bits per heavy atom. The summed E-state index contributed by atoms with van der Waals surface area (Å²) in [5.74, 6) is -0.884. The molecule has 0 saturated carbocycles. The Morgan fingerprint density at radius 2 is 2.22 bits per heavy atom. The summed E-state index contributed by atoms with van der Waals surface area (Å²) in [5.41, 5.74) is 5.25. The van der Waals surface area contributed by atoms with E-state index in [2.05, 4.69) is 15.6 Å². The summed E-state index contributed by atoms with van der Waals surface area (Å²) < 4.78 is 13.9. The zero-order valence-electron chi connectivity index (χ0n) is 13.4. The van der Waals surface area contributed by atoms with Gasteiger partial charge in [0.15, 0.2) is 0 Å². The summed E-state index contributed by atoms with van der Waals surface area (Å²) in [6.07, 6.45) is 2.81. The molecule has 3 rings (SSSR count). The highest BCUT2D eigenvalue weighted by atomic mass is 19.1. The van der Waals surface area contributed by atoms with E-state index in [0.29, 0.717) is 6.54 Å². The van der Waals surface area contributed by atoms with Crippen molar-refractivity contribution in [3.8, 4) is 0 Å². The minimum Gasteiger partial charge on any atom is -0.348 e.